The standard InChI is InChI=1S/C9H9ClN4O/c10-7-6-8(12-4-11-7)14(9(15)13-6)3-5-1-2-5/h4-5H,1-3H2,(H,13,15). The van der Waals surface area contributed by atoms with Crippen molar-refractivity contribution >= 4 is 22.8 Å². The van der Waals surface area contributed by atoms with E-state index in [-0.39, 0.29) is 5.69 Å². The van der Waals surface area contributed by atoms with Crippen LogP contribution in [0.4, 0.5) is 0 Å². The number of aromatic nitrogens is 4. The Bertz CT molecular complexity index is 569. The van der Waals surface area contributed by atoms with Crippen molar-refractivity contribution in [3.63, 3.8) is 0 Å². The molecule has 78 valence electrons. The average molecular weight is 225 g/mol. The number of halogens is 1. The molecule has 3 rings (SSSR count). The Balaban J connectivity index is 2.22. The summed E-state index contributed by atoms with van der Waals surface area (Å²) in [5, 5.41) is 0.298. The summed E-state index contributed by atoms with van der Waals surface area (Å²) in [5.41, 5.74) is 0.982. The van der Waals surface area contributed by atoms with Crippen LogP contribution in [0, 0.1) is 5.92 Å². The fourth-order valence-electron chi connectivity index (χ4n) is 1.67. The van der Waals surface area contributed by atoms with E-state index >= 15 is 0 Å². The molecule has 1 aliphatic rings. The van der Waals surface area contributed by atoms with E-state index in [1.54, 1.807) is 4.57 Å². The van der Waals surface area contributed by atoms with Gasteiger partial charge in [-0.25, -0.2) is 14.8 Å². The summed E-state index contributed by atoms with van der Waals surface area (Å²) in [4.78, 5) is 22.2. The highest BCUT2D eigenvalue weighted by molar-refractivity contribution is 6.33. The predicted molar refractivity (Wildman–Crippen MR) is 55.9 cm³/mol. The molecule has 1 aliphatic carbocycles. The van der Waals surface area contributed by atoms with Crippen molar-refractivity contribution in [2.24, 2.45) is 5.92 Å². The second-order valence-electron chi connectivity index (χ2n) is 3.85. The van der Waals surface area contributed by atoms with Crippen LogP contribution in [-0.4, -0.2) is 19.5 Å². The van der Waals surface area contributed by atoms with Crippen molar-refractivity contribution in [2.45, 2.75) is 19.4 Å². The third-order valence-electron chi connectivity index (χ3n) is 2.65. The fraction of sp³-hybridized carbons (Fsp3) is 0.444. The number of H-pyrrole nitrogens is 1. The maximum absolute atomic E-state index is 11.6. The molecule has 1 saturated carbocycles. The van der Waals surface area contributed by atoms with Crippen LogP contribution < -0.4 is 5.69 Å². The van der Waals surface area contributed by atoms with E-state index in [2.05, 4.69) is 15.0 Å². The predicted octanol–water partition coefficient (Wildman–Crippen LogP) is 1.18. The molecule has 1 fully saturated rings. The van der Waals surface area contributed by atoms with E-state index in [0.29, 0.717) is 22.2 Å². The molecule has 5 nitrogen and oxygen atoms in total. The van der Waals surface area contributed by atoms with Gasteiger partial charge in [-0.15, -0.1) is 0 Å². The Labute approximate surface area is 90.1 Å². The number of imidazole rings is 1. The molecular formula is C9H9ClN4O. The lowest BCUT2D eigenvalue weighted by Gasteiger charge is -1.99. The average Bonchev–Trinajstić information content (AvgIpc) is 2.96. The van der Waals surface area contributed by atoms with Crippen molar-refractivity contribution in [2.75, 3.05) is 0 Å². The summed E-state index contributed by atoms with van der Waals surface area (Å²) in [7, 11) is 0. The van der Waals surface area contributed by atoms with Gasteiger partial charge in [-0.3, -0.25) is 4.57 Å². The van der Waals surface area contributed by atoms with Crippen LogP contribution in [0.15, 0.2) is 11.1 Å². The monoisotopic (exact) mass is 224 g/mol. The van der Waals surface area contributed by atoms with Crippen LogP contribution in [-0.2, 0) is 6.54 Å². The number of nitrogens with zero attached hydrogens (tertiary/aromatic N) is 3. The number of hydrogen-bond donors (Lipinski definition) is 1. The Morgan fingerprint density at radius 1 is 1.53 bits per heavy atom. The van der Waals surface area contributed by atoms with E-state index in [9.17, 15) is 4.79 Å². The minimum absolute atomic E-state index is 0.153. The van der Waals surface area contributed by atoms with Crippen LogP contribution in [0.1, 0.15) is 12.8 Å². The molecule has 2 aromatic heterocycles. The molecule has 0 amide bonds. The Morgan fingerprint density at radius 2 is 2.33 bits per heavy atom. The smallest absolute Gasteiger partial charge is 0.302 e. The van der Waals surface area contributed by atoms with Gasteiger partial charge >= 0.3 is 5.69 Å². The molecule has 2 aromatic rings. The Kier molecular flexibility index (Phi) is 1.82. The normalized spacial score (nSPS) is 16.1. The molecule has 0 bridgehead atoms. The lowest BCUT2D eigenvalue weighted by atomic mass is 10.4. The van der Waals surface area contributed by atoms with Crippen molar-refractivity contribution < 1.29 is 0 Å². The highest BCUT2D eigenvalue weighted by Gasteiger charge is 2.24. The summed E-state index contributed by atoms with van der Waals surface area (Å²) < 4.78 is 1.64. The number of fused-ring (bicyclic) bond motifs is 1. The van der Waals surface area contributed by atoms with E-state index < -0.39 is 0 Å². The molecule has 0 saturated heterocycles. The van der Waals surface area contributed by atoms with Crippen LogP contribution in [0.5, 0.6) is 0 Å². The van der Waals surface area contributed by atoms with E-state index in [0.717, 1.165) is 6.54 Å². The van der Waals surface area contributed by atoms with E-state index in [4.69, 9.17) is 11.6 Å². The molecule has 0 radical (unpaired) electrons. The van der Waals surface area contributed by atoms with Crippen molar-refractivity contribution in [3.05, 3.63) is 22.0 Å². The van der Waals surface area contributed by atoms with Gasteiger partial charge < -0.3 is 4.98 Å². The largest absolute Gasteiger partial charge is 0.327 e. The van der Waals surface area contributed by atoms with Gasteiger partial charge in [-0.2, -0.15) is 0 Å². The van der Waals surface area contributed by atoms with Gasteiger partial charge in [0.1, 0.15) is 11.8 Å². The topological polar surface area (TPSA) is 63.6 Å². The third kappa shape index (κ3) is 1.43. The third-order valence-corrected chi connectivity index (χ3v) is 2.94. The van der Waals surface area contributed by atoms with Crippen molar-refractivity contribution in [1.82, 2.24) is 19.5 Å². The zero-order valence-electron chi connectivity index (χ0n) is 7.90. The first-order valence-electron chi connectivity index (χ1n) is 4.84. The molecule has 0 unspecified atom stereocenters. The Morgan fingerprint density at radius 3 is 3.07 bits per heavy atom. The molecule has 2 heterocycles. The lowest BCUT2D eigenvalue weighted by Crippen LogP contribution is -2.17. The molecule has 1 N–H and O–H groups in total. The zero-order chi connectivity index (χ0) is 10.4. The van der Waals surface area contributed by atoms with Gasteiger partial charge in [-0.05, 0) is 18.8 Å². The van der Waals surface area contributed by atoms with Crippen LogP contribution in [0.25, 0.3) is 11.2 Å². The number of nitrogens with one attached hydrogen (secondary N) is 1. The summed E-state index contributed by atoms with van der Waals surface area (Å²) in [6, 6.07) is 0. The first kappa shape index (κ1) is 8.91. The molecular weight excluding hydrogens is 216 g/mol. The first-order valence-corrected chi connectivity index (χ1v) is 5.22. The SMILES string of the molecule is O=c1[nH]c2c(Cl)ncnc2n1CC1CC1. The highest BCUT2D eigenvalue weighted by Crippen LogP contribution is 2.31. The summed E-state index contributed by atoms with van der Waals surface area (Å²) in [6.07, 6.45) is 3.76. The quantitative estimate of drug-likeness (QED) is 0.780. The zero-order valence-corrected chi connectivity index (χ0v) is 8.66. The minimum Gasteiger partial charge on any atom is -0.302 e. The van der Waals surface area contributed by atoms with Gasteiger partial charge in [0.25, 0.3) is 0 Å². The number of aromatic amines is 1. The maximum atomic E-state index is 11.6. The van der Waals surface area contributed by atoms with Gasteiger partial charge in [0, 0.05) is 6.54 Å². The summed E-state index contributed by atoms with van der Waals surface area (Å²) in [5.74, 6) is 0.621. The fourth-order valence-corrected chi connectivity index (χ4v) is 1.84. The van der Waals surface area contributed by atoms with Gasteiger partial charge in [0.15, 0.2) is 10.8 Å². The second-order valence-corrected chi connectivity index (χ2v) is 4.21. The van der Waals surface area contributed by atoms with Crippen molar-refractivity contribution in [1.29, 1.82) is 0 Å². The van der Waals surface area contributed by atoms with Crippen molar-refractivity contribution in [3.8, 4) is 0 Å². The van der Waals surface area contributed by atoms with Gasteiger partial charge in [-0.1, -0.05) is 11.6 Å². The van der Waals surface area contributed by atoms with Gasteiger partial charge in [0.2, 0.25) is 0 Å². The molecule has 0 atom stereocenters. The van der Waals surface area contributed by atoms with E-state index in [1.165, 1.54) is 19.2 Å². The lowest BCUT2D eigenvalue weighted by molar-refractivity contribution is 0.620. The molecule has 0 aliphatic heterocycles. The molecule has 6 heteroatoms. The van der Waals surface area contributed by atoms with Crippen LogP contribution in [0.3, 0.4) is 0 Å². The van der Waals surface area contributed by atoms with E-state index in [1.807, 2.05) is 0 Å². The number of rotatable bonds is 2. The van der Waals surface area contributed by atoms with Gasteiger partial charge in [0.05, 0.1) is 0 Å². The highest BCUT2D eigenvalue weighted by atomic mass is 35.5. The maximum Gasteiger partial charge on any atom is 0.327 e. The Hall–Kier alpha value is -1.36. The molecule has 0 spiro atoms. The second kappa shape index (κ2) is 3.06. The molecule has 15 heavy (non-hydrogen) atoms. The summed E-state index contributed by atoms with van der Waals surface area (Å²) >= 11 is 5.86. The van der Waals surface area contributed by atoms with Crippen LogP contribution in [0.2, 0.25) is 5.15 Å². The summed E-state index contributed by atoms with van der Waals surface area (Å²) in [6.45, 7) is 0.728. The first-order chi connectivity index (χ1) is 7.25. The molecule has 0 aromatic carbocycles. The number of hydrogen-bond acceptors (Lipinski definition) is 3. The van der Waals surface area contributed by atoms with Crippen LogP contribution >= 0.6 is 11.6 Å². The minimum atomic E-state index is -0.153.